The van der Waals surface area contributed by atoms with Crippen LogP contribution in [0.5, 0.6) is 0 Å². The van der Waals surface area contributed by atoms with Crippen molar-refractivity contribution >= 4 is 38.3 Å². The Morgan fingerprint density at radius 2 is 1.82 bits per heavy atom. The molecule has 0 saturated carbocycles. The fourth-order valence-corrected chi connectivity index (χ4v) is 6.50. The van der Waals surface area contributed by atoms with E-state index in [1.54, 1.807) is 19.2 Å². The first-order chi connectivity index (χ1) is 15.8. The van der Waals surface area contributed by atoms with Crippen LogP contribution in [-0.4, -0.2) is 74.1 Å². The van der Waals surface area contributed by atoms with Crippen LogP contribution >= 0.6 is 11.3 Å². The zero-order valence-corrected chi connectivity index (χ0v) is 20.0. The van der Waals surface area contributed by atoms with Crippen LogP contribution in [-0.2, 0) is 19.6 Å². The van der Waals surface area contributed by atoms with Gasteiger partial charge in [0.15, 0.2) is 10.9 Å². The van der Waals surface area contributed by atoms with E-state index in [0.29, 0.717) is 31.7 Å². The Hall–Kier alpha value is -2.55. The molecule has 4 heterocycles. The summed E-state index contributed by atoms with van der Waals surface area (Å²) in [6.07, 6.45) is 0.671. The fraction of sp³-hybridized carbons (Fsp3) is 0.579. The summed E-state index contributed by atoms with van der Waals surface area (Å²) in [6, 6.07) is 0. The minimum Gasteiger partial charge on any atom is -0.378 e. The molecule has 2 N–H and O–H groups in total. The van der Waals surface area contributed by atoms with Gasteiger partial charge in [0, 0.05) is 37.5 Å². The van der Waals surface area contributed by atoms with Crippen LogP contribution in [0.2, 0.25) is 0 Å². The molecule has 2 aromatic rings. The van der Waals surface area contributed by atoms with Crippen LogP contribution in [0.1, 0.15) is 34.8 Å². The second-order valence-corrected chi connectivity index (χ2v) is 10.6. The van der Waals surface area contributed by atoms with Gasteiger partial charge in [-0.05, 0) is 26.7 Å². The maximum atomic E-state index is 12.9. The molecule has 2 amide bonds. The molecule has 12 nitrogen and oxygen atoms in total. The predicted molar refractivity (Wildman–Crippen MR) is 118 cm³/mol. The fourth-order valence-electron chi connectivity index (χ4n) is 3.88. The van der Waals surface area contributed by atoms with Gasteiger partial charge in [-0.1, -0.05) is 5.16 Å². The van der Waals surface area contributed by atoms with Crippen LogP contribution < -0.4 is 15.8 Å². The number of anilines is 1. The number of hydrogen-bond acceptors (Lipinski definition) is 10. The highest BCUT2D eigenvalue weighted by molar-refractivity contribution is 7.89. The van der Waals surface area contributed by atoms with Crippen molar-refractivity contribution in [2.45, 2.75) is 31.6 Å². The molecule has 2 aliphatic rings. The normalized spacial score (nSPS) is 18.3. The zero-order valence-electron chi connectivity index (χ0n) is 18.4. The second-order valence-electron chi connectivity index (χ2n) is 7.89. The Morgan fingerprint density at radius 1 is 1.12 bits per heavy atom. The third-order valence-corrected chi connectivity index (χ3v) is 8.74. The number of aryl methyl sites for hydroxylation is 2. The molecule has 4 rings (SSSR count). The largest absolute Gasteiger partial charge is 0.378 e. The van der Waals surface area contributed by atoms with Crippen LogP contribution in [0.15, 0.2) is 14.8 Å². The summed E-state index contributed by atoms with van der Waals surface area (Å²) in [5, 5.41) is 6.10. The summed E-state index contributed by atoms with van der Waals surface area (Å²) in [5.74, 6) is -1.03. The van der Waals surface area contributed by atoms with E-state index in [0.717, 1.165) is 18.2 Å². The quantitative estimate of drug-likeness (QED) is 0.561. The highest BCUT2D eigenvalue weighted by Gasteiger charge is 2.35. The van der Waals surface area contributed by atoms with Crippen molar-refractivity contribution in [1.29, 1.82) is 0 Å². The second kappa shape index (κ2) is 9.75. The Labute approximate surface area is 195 Å². The van der Waals surface area contributed by atoms with Crippen LogP contribution in [0.4, 0.5) is 5.13 Å². The molecule has 2 fully saturated rings. The molecule has 180 valence electrons. The standard InChI is InChI=1S/C19H26N6O6S2/c1-12-16(13(2)31-23-12)33(28,29)25-5-3-14(4-6-25)17(26)21-22-18(27)15-11-32-19(20-15)24-7-9-30-10-8-24/h11,14H,3-10H2,1-2H3,(H,21,26)(H,22,27). The van der Waals surface area contributed by atoms with E-state index in [2.05, 4.69) is 21.0 Å². The Balaban J connectivity index is 1.27. The number of morpholine rings is 1. The van der Waals surface area contributed by atoms with E-state index in [9.17, 15) is 18.0 Å². The van der Waals surface area contributed by atoms with Gasteiger partial charge in [-0.3, -0.25) is 20.4 Å². The van der Waals surface area contributed by atoms with E-state index in [1.807, 2.05) is 4.90 Å². The van der Waals surface area contributed by atoms with Crippen LogP contribution in [0.3, 0.4) is 0 Å². The molecule has 0 aliphatic carbocycles. The number of rotatable bonds is 5. The summed E-state index contributed by atoms with van der Waals surface area (Å²) in [4.78, 5) is 31.4. The Morgan fingerprint density at radius 3 is 2.45 bits per heavy atom. The number of hydrogen-bond donors (Lipinski definition) is 2. The Kier molecular flexibility index (Phi) is 6.97. The van der Waals surface area contributed by atoms with Gasteiger partial charge < -0.3 is 14.2 Å². The van der Waals surface area contributed by atoms with Crippen molar-refractivity contribution in [3.05, 3.63) is 22.5 Å². The number of sulfonamides is 1. The number of thiazole rings is 1. The molecule has 0 atom stereocenters. The minimum absolute atomic E-state index is 0.0809. The number of nitrogens with one attached hydrogen (secondary N) is 2. The highest BCUT2D eigenvalue weighted by atomic mass is 32.2. The molecule has 14 heteroatoms. The summed E-state index contributed by atoms with van der Waals surface area (Å²) in [7, 11) is -3.74. The van der Waals surface area contributed by atoms with Gasteiger partial charge in [-0.25, -0.2) is 13.4 Å². The van der Waals surface area contributed by atoms with Gasteiger partial charge in [-0.15, -0.1) is 11.3 Å². The smallest absolute Gasteiger partial charge is 0.289 e. The zero-order chi connectivity index (χ0) is 23.6. The van der Waals surface area contributed by atoms with E-state index in [4.69, 9.17) is 9.26 Å². The molecule has 0 bridgehead atoms. The van der Waals surface area contributed by atoms with E-state index in [1.165, 1.54) is 15.6 Å². The SMILES string of the molecule is Cc1noc(C)c1S(=O)(=O)N1CCC(C(=O)NNC(=O)c2csc(N3CCOCC3)n2)CC1. The molecule has 0 aromatic carbocycles. The first kappa shape index (κ1) is 23.6. The third kappa shape index (κ3) is 5.03. The molecular weight excluding hydrogens is 472 g/mol. The van der Waals surface area contributed by atoms with Crippen LogP contribution in [0.25, 0.3) is 0 Å². The van der Waals surface area contributed by atoms with Gasteiger partial charge >= 0.3 is 0 Å². The third-order valence-electron chi connectivity index (χ3n) is 5.70. The van der Waals surface area contributed by atoms with Gasteiger partial charge in [0.05, 0.1) is 13.2 Å². The predicted octanol–water partition coefficient (Wildman–Crippen LogP) is 0.446. The number of aromatic nitrogens is 2. The maximum absolute atomic E-state index is 12.9. The topological polar surface area (TPSA) is 147 Å². The van der Waals surface area contributed by atoms with E-state index < -0.39 is 21.8 Å². The molecule has 0 radical (unpaired) electrons. The molecule has 33 heavy (non-hydrogen) atoms. The molecular formula is C19H26N6O6S2. The summed E-state index contributed by atoms with van der Waals surface area (Å²) in [5.41, 5.74) is 5.38. The lowest BCUT2D eigenvalue weighted by atomic mass is 9.98. The number of amides is 2. The summed E-state index contributed by atoms with van der Waals surface area (Å²) < 4.78 is 37.5. The van der Waals surface area contributed by atoms with Gasteiger partial charge in [0.1, 0.15) is 16.3 Å². The van der Waals surface area contributed by atoms with E-state index >= 15 is 0 Å². The van der Waals surface area contributed by atoms with Crippen molar-refractivity contribution in [3.63, 3.8) is 0 Å². The van der Waals surface area contributed by atoms with Gasteiger partial charge in [-0.2, -0.15) is 4.31 Å². The lowest BCUT2D eigenvalue weighted by Crippen LogP contribution is -2.48. The number of nitrogens with zero attached hydrogens (tertiary/aromatic N) is 4. The van der Waals surface area contributed by atoms with Gasteiger partial charge in [0.2, 0.25) is 15.9 Å². The summed E-state index contributed by atoms with van der Waals surface area (Å²) in [6.45, 7) is 6.19. The monoisotopic (exact) mass is 498 g/mol. The number of carbonyl (C=O) groups is 2. The first-order valence-corrected chi connectivity index (χ1v) is 12.9. The van der Waals surface area contributed by atoms with Crippen molar-refractivity contribution in [2.75, 3.05) is 44.3 Å². The summed E-state index contributed by atoms with van der Waals surface area (Å²) >= 11 is 1.36. The lowest BCUT2D eigenvalue weighted by molar-refractivity contribution is -0.126. The number of ether oxygens (including phenoxy) is 1. The van der Waals surface area contributed by atoms with Crippen molar-refractivity contribution in [2.24, 2.45) is 5.92 Å². The first-order valence-electron chi connectivity index (χ1n) is 10.6. The van der Waals surface area contributed by atoms with Crippen LogP contribution in [0, 0.1) is 19.8 Å². The molecule has 2 saturated heterocycles. The van der Waals surface area contributed by atoms with Crippen molar-refractivity contribution < 1.29 is 27.3 Å². The maximum Gasteiger partial charge on any atom is 0.289 e. The molecule has 0 unspecified atom stereocenters. The average molecular weight is 499 g/mol. The van der Waals surface area contributed by atoms with Crippen molar-refractivity contribution in [3.8, 4) is 0 Å². The highest BCUT2D eigenvalue weighted by Crippen LogP contribution is 2.27. The molecule has 0 spiro atoms. The van der Waals surface area contributed by atoms with Gasteiger partial charge in [0.25, 0.3) is 5.91 Å². The Bertz CT molecular complexity index is 1100. The minimum atomic E-state index is -3.74. The molecule has 2 aliphatic heterocycles. The number of piperidine rings is 1. The number of carbonyl (C=O) groups excluding carboxylic acids is 2. The lowest BCUT2D eigenvalue weighted by Gasteiger charge is -2.30. The molecule has 2 aromatic heterocycles. The van der Waals surface area contributed by atoms with Crippen molar-refractivity contribution in [1.82, 2.24) is 25.3 Å². The van der Waals surface area contributed by atoms with E-state index in [-0.39, 0.29) is 35.3 Å². The number of hydrazine groups is 1. The average Bonchev–Trinajstić information content (AvgIpc) is 3.45.